The molecule has 1 saturated heterocycles. The van der Waals surface area contributed by atoms with E-state index in [0.717, 1.165) is 36.4 Å². The van der Waals surface area contributed by atoms with Gasteiger partial charge in [-0.05, 0) is 25.0 Å². The average molecular weight is 295 g/mol. The highest BCUT2D eigenvalue weighted by atomic mass is 35.5. The Morgan fingerprint density at radius 3 is 3.00 bits per heavy atom. The van der Waals surface area contributed by atoms with Gasteiger partial charge >= 0.3 is 0 Å². The summed E-state index contributed by atoms with van der Waals surface area (Å²) < 4.78 is 1.59. The fourth-order valence-corrected chi connectivity index (χ4v) is 2.63. The van der Waals surface area contributed by atoms with Crippen LogP contribution in [0, 0.1) is 6.92 Å². The molecule has 2 aromatic rings. The molecule has 0 bridgehead atoms. The SMILES string of the molecule is Cc1cccn2c(=O)cc(CN3CC[C@@H](N)C3)nc12.Cl. The zero-order valence-electron chi connectivity index (χ0n) is 11.5. The zero-order chi connectivity index (χ0) is 13.4. The number of aryl methyl sites for hydroxylation is 1. The third-order valence-corrected chi connectivity index (χ3v) is 3.63. The van der Waals surface area contributed by atoms with E-state index in [1.807, 2.05) is 19.1 Å². The van der Waals surface area contributed by atoms with Crippen LogP contribution in [0.3, 0.4) is 0 Å². The third kappa shape index (κ3) is 2.85. The van der Waals surface area contributed by atoms with Crippen molar-refractivity contribution in [3.63, 3.8) is 0 Å². The van der Waals surface area contributed by atoms with Crippen LogP contribution in [0.5, 0.6) is 0 Å². The van der Waals surface area contributed by atoms with Gasteiger partial charge in [-0.1, -0.05) is 6.07 Å². The Bertz CT molecular complexity index is 670. The lowest BCUT2D eigenvalue weighted by Gasteiger charge is -2.15. The number of nitrogens with zero attached hydrogens (tertiary/aromatic N) is 3. The molecule has 0 spiro atoms. The summed E-state index contributed by atoms with van der Waals surface area (Å²) in [5, 5.41) is 0. The predicted molar refractivity (Wildman–Crippen MR) is 81.3 cm³/mol. The minimum Gasteiger partial charge on any atom is -0.326 e. The molecule has 0 aliphatic carbocycles. The largest absolute Gasteiger partial charge is 0.326 e. The second-order valence-electron chi connectivity index (χ2n) is 5.25. The lowest BCUT2D eigenvalue weighted by atomic mass is 10.3. The highest BCUT2D eigenvalue weighted by Gasteiger charge is 2.19. The van der Waals surface area contributed by atoms with Crippen molar-refractivity contribution in [3.05, 3.63) is 46.0 Å². The first-order valence-corrected chi connectivity index (χ1v) is 6.59. The molecule has 1 aliphatic heterocycles. The Balaban J connectivity index is 0.00000147. The van der Waals surface area contributed by atoms with Crippen LogP contribution in [-0.4, -0.2) is 33.4 Å². The Hall–Kier alpha value is -1.43. The van der Waals surface area contributed by atoms with Gasteiger partial charge < -0.3 is 5.73 Å². The molecule has 0 amide bonds. The monoisotopic (exact) mass is 294 g/mol. The molecule has 20 heavy (non-hydrogen) atoms. The highest BCUT2D eigenvalue weighted by Crippen LogP contribution is 2.11. The van der Waals surface area contributed by atoms with Gasteiger partial charge in [-0.2, -0.15) is 0 Å². The van der Waals surface area contributed by atoms with Crippen molar-refractivity contribution in [1.82, 2.24) is 14.3 Å². The van der Waals surface area contributed by atoms with Crippen LogP contribution in [0.4, 0.5) is 0 Å². The second kappa shape index (κ2) is 5.91. The number of halogens is 1. The first kappa shape index (κ1) is 15.0. The minimum absolute atomic E-state index is 0. The average Bonchev–Trinajstić information content (AvgIpc) is 2.76. The van der Waals surface area contributed by atoms with Gasteiger partial charge in [0.05, 0.1) is 5.69 Å². The van der Waals surface area contributed by atoms with E-state index in [2.05, 4.69) is 9.88 Å². The van der Waals surface area contributed by atoms with E-state index in [4.69, 9.17) is 5.73 Å². The van der Waals surface area contributed by atoms with E-state index in [0.29, 0.717) is 6.54 Å². The molecule has 2 N–H and O–H groups in total. The van der Waals surface area contributed by atoms with Crippen LogP contribution in [0.1, 0.15) is 17.7 Å². The van der Waals surface area contributed by atoms with E-state index in [1.54, 1.807) is 16.7 Å². The topological polar surface area (TPSA) is 63.6 Å². The fourth-order valence-electron chi connectivity index (χ4n) is 2.63. The van der Waals surface area contributed by atoms with Crippen molar-refractivity contribution in [2.75, 3.05) is 13.1 Å². The van der Waals surface area contributed by atoms with Crippen molar-refractivity contribution in [2.45, 2.75) is 25.9 Å². The van der Waals surface area contributed by atoms with Gasteiger partial charge in [0.15, 0.2) is 0 Å². The summed E-state index contributed by atoms with van der Waals surface area (Å²) in [7, 11) is 0. The van der Waals surface area contributed by atoms with Gasteiger partial charge in [0.1, 0.15) is 5.65 Å². The first-order chi connectivity index (χ1) is 9.13. The number of pyridine rings is 1. The maximum absolute atomic E-state index is 12.1. The van der Waals surface area contributed by atoms with Crippen LogP contribution in [0.25, 0.3) is 5.65 Å². The van der Waals surface area contributed by atoms with Gasteiger partial charge in [-0.3, -0.25) is 14.1 Å². The smallest absolute Gasteiger partial charge is 0.258 e. The number of hydrogen-bond acceptors (Lipinski definition) is 4. The van der Waals surface area contributed by atoms with E-state index in [1.165, 1.54) is 0 Å². The molecule has 1 aliphatic rings. The second-order valence-corrected chi connectivity index (χ2v) is 5.25. The van der Waals surface area contributed by atoms with E-state index in [-0.39, 0.29) is 24.0 Å². The molecular formula is C14H19ClN4O. The van der Waals surface area contributed by atoms with E-state index < -0.39 is 0 Å². The van der Waals surface area contributed by atoms with Gasteiger partial charge in [-0.25, -0.2) is 4.98 Å². The highest BCUT2D eigenvalue weighted by molar-refractivity contribution is 5.85. The Morgan fingerprint density at radius 2 is 2.30 bits per heavy atom. The molecule has 3 rings (SSSR count). The molecule has 1 atom stereocenters. The van der Waals surface area contributed by atoms with Crippen LogP contribution >= 0.6 is 12.4 Å². The van der Waals surface area contributed by atoms with Crippen molar-refractivity contribution >= 4 is 18.1 Å². The summed E-state index contributed by atoms with van der Waals surface area (Å²) in [5.74, 6) is 0. The number of likely N-dealkylation sites (tertiary alicyclic amines) is 1. The van der Waals surface area contributed by atoms with Crippen molar-refractivity contribution in [1.29, 1.82) is 0 Å². The van der Waals surface area contributed by atoms with Crippen LogP contribution in [0.15, 0.2) is 29.2 Å². The van der Waals surface area contributed by atoms with E-state index in [9.17, 15) is 4.79 Å². The summed E-state index contributed by atoms with van der Waals surface area (Å²) in [6, 6.07) is 5.71. The maximum atomic E-state index is 12.1. The number of rotatable bonds is 2. The number of hydrogen-bond donors (Lipinski definition) is 1. The Kier molecular flexibility index (Phi) is 4.42. The number of fused-ring (bicyclic) bond motifs is 1. The van der Waals surface area contributed by atoms with E-state index >= 15 is 0 Å². The summed E-state index contributed by atoms with van der Waals surface area (Å²) in [6.07, 6.45) is 2.78. The third-order valence-electron chi connectivity index (χ3n) is 3.63. The molecule has 5 nitrogen and oxygen atoms in total. The molecule has 108 valence electrons. The lowest BCUT2D eigenvalue weighted by molar-refractivity contribution is 0.323. The van der Waals surface area contributed by atoms with Crippen LogP contribution in [-0.2, 0) is 6.54 Å². The normalized spacial score (nSPS) is 19.2. The number of nitrogens with two attached hydrogens (primary N) is 1. The predicted octanol–water partition coefficient (Wildman–Crippen LogP) is 0.958. The molecule has 2 aromatic heterocycles. The minimum atomic E-state index is -0.0211. The standard InChI is InChI=1S/C14H18N4O.ClH/c1-10-3-2-5-18-13(19)7-12(16-14(10)18)9-17-6-4-11(15)8-17;/h2-3,5,7,11H,4,6,8-9,15H2,1H3;1H/t11-;/m1./s1. The van der Waals surface area contributed by atoms with Crippen molar-refractivity contribution in [2.24, 2.45) is 5.73 Å². The maximum Gasteiger partial charge on any atom is 0.258 e. The summed E-state index contributed by atoms with van der Waals surface area (Å²) in [4.78, 5) is 18.9. The molecule has 1 fully saturated rings. The molecule has 0 unspecified atom stereocenters. The molecular weight excluding hydrogens is 276 g/mol. The van der Waals surface area contributed by atoms with Crippen LogP contribution < -0.4 is 11.3 Å². The molecule has 6 heteroatoms. The van der Waals surface area contributed by atoms with Gasteiger partial charge in [0.2, 0.25) is 0 Å². The quantitative estimate of drug-likeness (QED) is 0.896. The summed E-state index contributed by atoms with van der Waals surface area (Å²) in [6.45, 7) is 4.54. The molecule has 3 heterocycles. The Labute approximate surface area is 123 Å². The summed E-state index contributed by atoms with van der Waals surface area (Å²) >= 11 is 0. The molecule has 0 saturated carbocycles. The Morgan fingerprint density at radius 1 is 1.50 bits per heavy atom. The summed E-state index contributed by atoms with van der Waals surface area (Å²) in [5.41, 5.74) is 8.46. The van der Waals surface area contributed by atoms with Gasteiger partial charge in [0.25, 0.3) is 5.56 Å². The molecule has 0 aromatic carbocycles. The van der Waals surface area contributed by atoms with Crippen molar-refractivity contribution in [3.8, 4) is 0 Å². The number of aromatic nitrogens is 2. The van der Waals surface area contributed by atoms with Crippen LogP contribution in [0.2, 0.25) is 0 Å². The lowest BCUT2D eigenvalue weighted by Crippen LogP contribution is -2.27. The van der Waals surface area contributed by atoms with Gasteiger partial charge in [0, 0.05) is 37.9 Å². The fraction of sp³-hybridized carbons (Fsp3) is 0.429. The molecule has 0 radical (unpaired) electrons. The van der Waals surface area contributed by atoms with Crippen molar-refractivity contribution < 1.29 is 0 Å². The zero-order valence-corrected chi connectivity index (χ0v) is 12.3. The van der Waals surface area contributed by atoms with Gasteiger partial charge in [-0.15, -0.1) is 12.4 Å². The first-order valence-electron chi connectivity index (χ1n) is 6.59.